The van der Waals surface area contributed by atoms with E-state index in [2.05, 4.69) is 4.72 Å². The molecule has 0 radical (unpaired) electrons. The Balaban J connectivity index is 0.00000289. The molecule has 0 aromatic heterocycles. The van der Waals surface area contributed by atoms with Gasteiger partial charge in [-0.1, -0.05) is 6.07 Å². The van der Waals surface area contributed by atoms with Crippen LogP contribution in [-0.2, 0) is 10.0 Å². The lowest BCUT2D eigenvalue weighted by Gasteiger charge is -2.23. The van der Waals surface area contributed by atoms with Crippen LogP contribution in [0.15, 0.2) is 29.2 Å². The van der Waals surface area contributed by atoms with Gasteiger partial charge in [0.2, 0.25) is 10.0 Å². The molecule has 7 heteroatoms. The van der Waals surface area contributed by atoms with Crippen molar-refractivity contribution in [1.29, 1.82) is 5.26 Å². The van der Waals surface area contributed by atoms with Crippen LogP contribution >= 0.6 is 12.4 Å². The first-order chi connectivity index (χ1) is 7.80. The lowest BCUT2D eigenvalue weighted by Crippen LogP contribution is -2.48. The molecule has 0 spiro atoms. The third-order valence-corrected chi connectivity index (χ3v) is 3.89. The van der Waals surface area contributed by atoms with Gasteiger partial charge in [0.25, 0.3) is 0 Å². The maximum Gasteiger partial charge on any atom is 0.241 e. The molecule has 0 atom stereocenters. The van der Waals surface area contributed by atoms with Gasteiger partial charge in [-0.3, -0.25) is 0 Å². The first-order valence-corrected chi connectivity index (χ1v) is 6.53. The molecule has 0 aliphatic carbocycles. The summed E-state index contributed by atoms with van der Waals surface area (Å²) in [6.45, 7) is 3.57. The molecule has 0 saturated heterocycles. The molecule has 0 heterocycles. The van der Waals surface area contributed by atoms with Crippen molar-refractivity contribution < 1.29 is 8.42 Å². The van der Waals surface area contributed by atoms with Gasteiger partial charge in [0, 0.05) is 12.1 Å². The van der Waals surface area contributed by atoms with Crippen LogP contribution in [0, 0.1) is 11.3 Å². The maximum atomic E-state index is 12.0. The van der Waals surface area contributed by atoms with Gasteiger partial charge in [-0.05, 0) is 32.0 Å². The number of nitriles is 1. The van der Waals surface area contributed by atoms with Gasteiger partial charge in [0.15, 0.2) is 0 Å². The molecule has 0 bridgehead atoms. The van der Waals surface area contributed by atoms with Gasteiger partial charge in [-0.2, -0.15) is 5.26 Å². The Morgan fingerprint density at radius 1 is 1.44 bits per heavy atom. The number of benzene rings is 1. The highest BCUT2D eigenvalue weighted by atomic mass is 35.5. The van der Waals surface area contributed by atoms with E-state index in [0.29, 0.717) is 5.56 Å². The summed E-state index contributed by atoms with van der Waals surface area (Å²) in [6, 6.07) is 7.75. The van der Waals surface area contributed by atoms with E-state index in [1.165, 1.54) is 18.2 Å². The van der Waals surface area contributed by atoms with Crippen LogP contribution in [0.25, 0.3) is 0 Å². The minimum absolute atomic E-state index is 0. The molecule has 5 nitrogen and oxygen atoms in total. The van der Waals surface area contributed by atoms with Crippen molar-refractivity contribution in [2.45, 2.75) is 24.3 Å². The van der Waals surface area contributed by atoms with E-state index in [1.807, 2.05) is 6.07 Å². The second kappa shape index (κ2) is 6.16. The van der Waals surface area contributed by atoms with E-state index in [0.717, 1.165) is 0 Å². The molecule has 0 amide bonds. The summed E-state index contributed by atoms with van der Waals surface area (Å²) in [5.74, 6) is 0. The zero-order valence-corrected chi connectivity index (χ0v) is 11.8. The molecular formula is C11H16ClN3O2S. The molecule has 0 aliphatic heterocycles. The summed E-state index contributed by atoms with van der Waals surface area (Å²) in [4.78, 5) is 0.0677. The monoisotopic (exact) mass is 289 g/mol. The lowest BCUT2D eigenvalue weighted by atomic mass is 10.1. The minimum Gasteiger partial charge on any atom is -0.329 e. The number of nitrogens with one attached hydrogen (secondary N) is 1. The summed E-state index contributed by atoms with van der Waals surface area (Å²) in [5, 5.41) is 8.72. The molecule has 0 saturated carbocycles. The molecule has 0 fully saturated rings. The first-order valence-electron chi connectivity index (χ1n) is 5.05. The fraction of sp³-hybridized carbons (Fsp3) is 0.364. The van der Waals surface area contributed by atoms with Crippen LogP contribution in [0.2, 0.25) is 0 Å². The Morgan fingerprint density at radius 3 is 2.56 bits per heavy atom. The van der Waals surface area contributed by atoms with Crippen molar-refractivity contribution in [1.82, 2.24) is 4.72 Å². The third kappa shape index (κ3) is 4.27. The van der Waals surface area contributed by atoms with E-state index in [1.54, 1.807) is 19.9 Å². The van der Waals surface area contributed by atoms with Crippen LogP contribution in [0.5, 0.6) is 0 Å². The SMILES string of the molecule is CC(C)(CN)NS(=O)(=O)c1cccc(C#N)c1.Cl. The number of rotatable bonds is 4. The lowest BCUT2D eigenvalue weighted by molar-refractivity contribution is 0.462. The molecule has 0 aliphatic rings. The van der Waals surface area contributed by atoms with Crippen molar-refractivity contribution in [2.75, 3.05) is 6.54 Å². The first kappa shape index (κ1) is 16.9. The Morgan fingerprint density at radius 2 is 2.06 bits per heavy atom. The zero-order valence-electron chi connectivity index (χ0n) is 10.2. The van der Waals surface area contributed by atoms with Gasteiger partial charge < -0.3 is 5.73 Å². The summed E-state index contributed by atoms with van der Waals surface area (Å²) < 4.78 is 26.5. The van der Waals surface area contributed by atoms with Crippen molar-refractivity contribution in [2.24, 2.45) is 5.73 Å². The summed E-state index contributed by atoms with van der Waals surface area (Å²) in [6.07, 6.45) is 0. The average Bonchev–Trinajstić information content (AvgIpc) is 2.28. The van der Waals surface area contributed by atoms with Crippen LogP contribution in [-0.4, -0.2) is 20.5 Å². The van der Waals surface area contributed by atoms with E-state index in [9.17, 15) is 8.42 Å². The standard InChI is InChI=1S/C11H15N3O2S.ClH/c1-11(2,8-13)14-17(15,16)10-5-3-4-9(6-10)7-12;/h3-6,14H,8,13H2,1-2H3;1H. The molecule has 18 heavy (non-hydrogen) atoms. The van der Waals surface area contributed by atoms with Crippen molar-refractivity contribution in [3.8, 4) is 6.07 Å². The van der Waals surface area contributed by atoms with E-state index >= 15 is 0 Å². The molecular weight excluding hydrogens is 274 g/mol. The van der Waals surface area contributed by atoms with Crippen LogP contribution < -0.4 is 10.5 Å². The second-order valence-electron chi connectivity index (χ2n) is 4.33. The van der Waals surface area contributed by atoms with E-state index in [4.69, 9.17) is 11.0 Å². The van der Waals surface area contributed by atoms with Crippen LogP contribution in [0.3, 0.4) is 0 Å². The molecule has 0 unspecified atom stereocenters. The summed E-state index contributed by atoms with van der Waals surface area (Å²) in [5.41, 5.74) is 5.05. The maximum absolute atomic E-state index is 12.0. The highest BCUT2D eigenvalue weighted by Crippen LogP contribution is 2.13. The molecule has 3 N–H and O–H groups in total. The number of hydrogen-bond donors (Lipinski definition) is 2. The Hall–Kier alpha value is -1.13. The predicted molar refractivity (Wildman–Crippen MR) is 71.9 cm³/mol. The fourth-order valence-electron chi connectivity index (χ4n) is 1.20. The highest BCUT2D eigenvalue weighted by molar-refractivity contribution is 7.89. The van der Waals surface area contributed by atoms with Crippen molar-refractivity contribution >= 4 is 22.4 Å². The van der Waals surface area contributed by atoms with Gasteiger partial charge in [0.1, 0.15) is 0 Å². The Bertz CT molecular complexity index is 550. The van der Waals surface area contributed by atoms with E-state index in [-0.39, 0.29) is 23.8 Å². The quantitative estimate of drug-likeness (QED) is 0.864. The molecule has 1 rings (SSSR count). The fourth-order valence-corrected chi connectivity index (χ4v) is 2.67. The number of sulfonamides is 1. The van der Waals surface area contributed by atoms with Gasteiger partial charge in [-0.25, -0.2) is 13.1 Å². The smallest absolute Gasteiger partial charge is 0.241 e. The second-order valence-corrected chi connectivity index (χ2v) is 6.02. The van der Waals surface area contributed by atoms with Gasteiger partial charge >= 0.3 is 0 Å². The van der Waals surface area contributed by atoms with Crippen LogP contribution in [0.4, 0.5) is 0 Å². The number of nitrogens with two attached hydrogens (primary N) is 1. The topological polar surface area (TPSA) is 96.0 Å². The van der Waals surface area contributed by atoms with Gasteiger partial charge in [0.05, 0.1) is 16.5 Å². The average molecular weight is 290 g/mol. The highest BCUT2D eigenvalue weighted by Gasteiger charge is 2.24. The van der Waals surface area contributed by atoms with Crippen molar-refractivity contribution in [3.63, 3.8) is 0 Å². The number of hydrogen-bond acceptors (Lipinski definition) is 4. The number of nitrogens with zero attached hydrogens (tertiary/aromatic N) is 1. The summed E-state index contributed by atoms with van der Waals surface area (Å²) in [7, 11) is -3.64. The van der Waals surface area contributed by atoms with Crippen LogP contribution in [0.1, 0.15) is 19.4 Å². The van der Waals surface area contributed by atoms with Crippen molar-refractivity contribution in [3.05, 3.63) is 29.8 Å². The largest absolute Gasteiger partial charge is 0.329 e. The Labute approximate surface area is 113 Å². The minimum atomic E-state index is -3.64. The van der Waals surface area contributed by atoms with E-state index < -0.39 is 15.6 Å². The summed E-state index contributed by atoms with van der Waals surface area (Å²) >= 11 is 0. The van der Waals surface area contributed by atoms with Gasteiger partial charge in [-0.15, -0.1) is 12.4 Å². The Kier molecular flexibility index (Phi) is 5.77. The normalized spacial score (nSPS) is 11.4. The zero-order chi connectivity index (χ0) is 13.1. The number of halogens is 1. The predicted octanol–water partition coefficient (Wildman–Crippen LogP) is 0.996. The third-order valence-electron chi connectivity index (χ3n) is 2.19. The molecule has 100 valence electrons. The molecule has 1 aromatic carbocycles. The molecule has 1 aromatic rings.